The molecule has 9 heavy (non-hydrogen) atoms. The van der Waals surface area contributed by atoms with Crippen molar-refractivity contribution in [2.75, 3.05) is 0 Å². The molecule has 0 aliphatic carbocycles. The van der Waals surface area contributed by atoms with Crippen molar-refractivity contribution in [2.45, 2.75) is 30.7 Å². The van der Waals surface area contributed by atoms with Crippen LogP contribution in [0.4, 0.5) is 0 Å². The quantitative estimate of drug-likeness (QED) is 0.415. The van der Waals surface area contributed by atoms with Gasteiger partial charge in [-0.2, -0.15) is 0 Å². The van der Waals surface area contributed by atoms with Gasteiger partial charge in [0.05, 0.1) is 0 Å². The van der Waals surface area contributed by atoms with E-state index in [1.807, 2.05) is 0 Å². The Balaban J connectivity index is 2.41. The molecular weight excluding hydrogens is 187 g/mol. The molecule has 0 spiro atoms. The highest BCUT2D eigenvalue weighted by atomic mass is 35.7. The molecule has 54 valence electrons. The number of halogens is 2. The summed E-state index contributed by atoms with van der Waals surface area (Å²) < 4.78 is 0. The van der Waals surface area contributed by atoms with Gasteiger partial charge in [0.25, 0.3) is 0 Å². The lowest BCUT2D eigenvalue weighted by molar-refractivity contribution is 1.02. The zero-order chi connectivity index (χ0) is 6.91. The second-order valence-corrected chi connectivity index (χ2v) is 14.6. The molecule has 1 saturated heterocycles. The lowest BCUT2D eigenvalue weighted by Gasteiger charge is -2.25. The summed E-state index contributed by atoms with van der Waals surface area (Å²) in [6, 6.07) is 2.61. The third-order valence-corrected chi connectivity index (χ3v) is 13.5. The average molecular weight is 199 g/mol. The molecule has 0 amide bonds. The smallest absolute Gasteiger partial charge is 0.146 e. The molecule has 1 heterocycles. The molecule has 1 aliphatic heterocycles. The van der Waals surface area contributed by atoms with Crippen LogP contribution in [0.5, 0.6) is 0 Å². The average Bonchev–Trinajstić information content (AvgIpc) is 1.60. The first-order valence-electron chi connectivity index (χ1n) is 3.48. The Morgan fingerprint density at radius 1 is 1.44 bits per heavy atom. The van der Waals surface area contributed by atoms with Gasteiger partial charge in [0.15, 0.2) is 0 Å². The molecule has 0 aromatic carbocycles. The molecule has 0 saturated carbocycles. The van der Waals surface area contributed by atoms with Gasteiger partial charge in [0.1, 0.15) is 0 Å². The van der Waals surface area contributed by atoms with Crippen molar-refractivity contribution in [2.24, 2.45) is 0 Å². The zero-order valence-electron chi connectivity index (χ0n) is 5.66. The maximum absolute atomic E-state index is 6.11. The van der Waals surface area contributed by atoms with Gasteiger partial charge in [0, 0.05) is 8.80 Å². The standard InChI is InChI=1S/C5H12Cl2Si2/c1-8-3-2-4-9(6,7)5-8/h8H,2-5H2,1H3. The predicted octanol–water partition coefficient (Wildman–Crippen LogP) is 2.71. The van der Waals surface area contributed by atoms with E-state index in [2.05, 4.69) is 6.55 Å². The third kappa shape index (κ3) is 2.62. The monoisotopic (exact) mass is 198 g/mol. The molecule has 1 atom stereocenters. The van der Waals surface area contributed by atoms with Crippen LogP contribution < -0.4 is 0 Å². The fourth-order valence-corrected chi connectivity index (χ4v) is 14.7. The van der Waals surface area contributed by atoms with E-state index in [-0.39, 0.29) is 0 Å². The molecule has 0 radical (unpaired) electrons. The minimum absolute atomic E-state index is 0.422. The van der Waals surface area contributed by atoms with Gasteiger partial charge in [0.2, 0.25) is 6.69 Å². The summed E-state index contributed by atoms with van der Waals surface area (Å²) in [4.78, 5) is 0. The molecule has 0 aromatic heterocycles. The summed E-state index contributed by atoms with van der Waals surface area (Å²) in [5, 5.41) is 0. The molecular formula is C5H12Cl2Si2. The van der Waals surface area contributed by atoms with E-state index in [0.717, 1.165) is 6.04 Å². The third-order valence-electron chi connectivity index (χ3n) is 1.89. The highest BCUT2D eigenvalue weighted by Gasteiger charge is 2.33. The molecule has 0 bridgehead atoms. The topological polar surface area (TPSA) is 0 Å². The fraction of sp³-hybridized carbons (Fsp3) is 1.00. The van der Waals surface area contributed by atoms with Gasteiger partial charge in [-0.25, -0.2) is 0 Å². The van der Waals surface area contributed by atoms with Crippen LogP contribution in [-0.2, 0) is 0 Å². The van der Waals surface area contributed by atoms with Gasteiger partial charge < -0.3 is 0 Å². The minimum atomic E-state index is -1.65. The van der Waals surface area contributed by atoms with E-state index in [9.17, 15) is 0 Å². The summed E-state index contributed by atoms with van der Waals surface area (Å²) in [5.74, 6) is 0. The SMILES string of the molecule is C[SiH]1CCC[Si](Cl)(Cl)C1. The van der Waals surface area contributed by atoms with Crippen molar-refractivity contribution in [1.29, 1.82) is 0 Å². The Bertz CT molecular complexity index is 105. The van der Waals surface area contributed by atoms with Gasteiger partial charge in [-0.1, -0.05) is 19.0 Å². The van der Waals surface area contributed by atoms with Gasteiger partial charge in [-0.3, -0.25) is 0 Å². The van der Waals surface area contributed by atoms with Crippen LogP contribution in [0, 0.1) is 0 Å². The summed E-state index contributed by atoms with van der Waals surface area (Å²) in [6.07, 6.45) is 1.31. The molecule has 0 aromatic rings. The summed E-state index contributed by atoms with van der Waals surface area (Å²) >= 11 is 12.2. The zero-order valence-corrected chi connectivity index (χ0v) is 9.33. The fourth-order valence-electron chi connectivity index (χ4n) is 1.42. The lowest BCUT2D eigenvalue weighted by Crippen LogP contribution is -2.31. The van der Waals surface area contributed by atoms with Crippen LogP contribution in [0.2, 0.25) is 24.3 Å². The van der Waals surface area contributed by atoms with Crippen LogP contribution in [-0.4, -0.2) is 15.5 Å². The largest absolute Gasteiger partial charge is 0.248 e. The van der Waals surface area contributed by atoms with Gasteiger partial charge in [-0.05, 0) is 11.7 Å². The Hall–Kier alpha value is 1.01. The molecule has 1 aliphatic rings. The van der Waals surface area contributed by atoms with E-state index in [1.54, 1.807) is 0 Å². The molecule has 0 nitrogen and oxygen atoms in total. The van der Waals surface area contributed by atoms with Gasteiger partial charge in [-0.15, -0.1) is 22.2 Å². The lowest BCUT2D eigenvalue weighted by atomic mass is 10.6. The molecule has 0 N–H and O–H groups in total. The van der Waals surface area contributed by atoms with Crippen molar-refractivity contribution in [3.8, 4) is 0 Å². The van der Waals surface area contributed by atoms with Crippen LogP contribution in [0.15, 0.2) is 0 Å². The van der Waals surface area contributed by atoms with Crippen molar-refractivity contribution in [3.63, 3.8) is 0 Å². The van der Waals surface area contributed by atoms with Crippen LogP contribution in [0.1, 0.15) is 6.42 Å². The van der Waals surface area contributed by atoms with Gasteiger partial charge >= 0.3 is 0 Å². The first-order valence-corrected chi connectivity index (χ1v) is 10.7. The van der Waals surface area contributed by atoms with Crippen molar-refractivity contribution in [1.82, 2.24) is 0 Å². The Kier molecular flexibility index (Phi) is 2.66. The van der Waals surface area contributed by atoms with Crippen LogP contribution in [0.3, 0.4) is 0 Å². The highest BCUT2D eigenvalue weighted by molar-refractivity contribution is 7.47. The number of hydrogen-bond acceptors (Lipinski definition) is 0. The summed E-state index contributed by atoms with van der Waals surface area (Å²) in [6.45, 7) is 0.733. The van der Waals surface area contributed by atoms with Crippen molar-refractivity contribution >= 4 is 37.6 Å². The maximum atomic E-state index is 6.11. The first-order chi connectivity index (χ1) is 4.10. The molecule has 1 unspecified atom stereocenters. The van der Waals surface area contributed by atoms with E-state index in [1.165, 1.54) is 18.1 Å². The van der Waals surface area contributed by atoms with E-state index in [4.69, 9.17) is 22.2 Å². The Labute approximate surface area is 68.6 Å². The minimum Gasteiger partial charge on any atom is -0.146 e. The van der Waals surface area contributed by atoms with Crippen molar-refractivity contribution in [3.05, 3.63) is 0 Å². The van der Waals surface area contributed by atoms with Crippen LogP contribution in [0.25, 0.3) is 0 Å². The maximum Gasteiger partial charge on any atom is 0.248 e. The van der Waals surface area contributed by atoms with E-state index in [0.29, 0.717) is 0 Å². The molecule has 1 rings (SSSR count). The first kappa shape index (κ1) is 8.11. The second-order valence-electron chi connectivity index (χ2n) is 3.06. The molecule has 1 fully saturated rings. The highest BCUT2D eigenvalue weighted by Crippen LogP contribution is 2.34. The van der Waals surface area contributed by atoms with Crippen molar-refractivity contribution < 1.29 is 0 Å². The predicted molar refractivity (Wildman–Crippen MR) is 49.5 cm³/mol. The Morgan fingerprint density at radius 3 is 2.44 bits per heavy atom. The van der Waals surface area contributed by atoms with E-state index < -0.39 is 15.5 Å². The van der Waals surface area contributed by atoms with Crippen LogP contribution >= 0.6 is 22.2 Å². The summed E-state index contributed by atoms with van der Waals surface area (Å²) in [5.41, 5.74) is 1.25. The number of rotatable bonds is 0. The molecule has 4 heteroatoms. The normalized spacial score (nSPS) is 34.3. The second kappa shape index (κ2) is 2.95. The van der Waals surface area contributed by atoms with E-state index >= 15 is 0 Å². The summed E-state index contributed by atoms with van der Waals surface area (Å²) in [7, 11) is -0.422. The number of hydrogen-bond donors (Lipinski definition) is 0. The Morgan fingerprint density at radius 2 is 2.11 bits per heavy atom.